The van der Waals surface area contributed by atoms with Gasteiger partial charge in [0.15, 0.2) is 5.58 Å². The molecule has 1 N–H and O–H groups in total. The molecule has 2 heterocycles. The van der Waals surface area contributed by atoms with Crippen molar-refractivity contribution < 1.29 is 9.21 Å². The Balaban J connectivity index is 1.65. The molecule has 4 rings (SSSR count). The van der Waals surface area contributed by atoms with Crippen molar-refractivity contribution in [2.24, 2.45) is 7.05 Å². The average Bonchev–Trinajstić information content (AvgIpc) is 3.11. The molecule has 1 amide bonds. The number of carbonyl (C=O) groups is 1. The first-order valence-electron chi connectivity index (χ1n) is 7.95. The van der Waals surface area contributed by atoms with E-state index in [-0.39, 0.29) is 5.91 Å². The third-order valence-electron chi connectivity index (χ3n) is 4.49. The smallest absolute Gasteiger partial charge is 0.268 e. The molecule has 0 saturated heterocycles. The number of aryl methyl sites for hydroxylation is 2. The molecule has 4 nitrogen and oxygen atoms in total. The lowest BCUT2D eigenvalue weighted by Gasteiger charge is -2.08. The molecule has 0 unspecified atom stereocenters. The number of fused-ring (bicyclic) bond motifs is 3. The monoisotopic (exact) mass is 318 g/mol. The van der Waals surface area contributed by atoms with Gasteiger partial charge < -0.3 is 14.3 Å². The Kier molecular flexibility index (Phi) is 3.38. The van der Waals surface area contributed by atoms with Crippen LogP contribution < -0.4 is 5.32 Å². The zero-order valence-electron chi connectivity index (χ0n) is 13.7. The first-order chi connectivity index (χ1) is 11.6. The number of carbonyl (C=O) groups excluding carboxylic acids is 1. The molecule has 0 aliphatic heterocycles. The van der Waals surface area contributed by atoms with Gasteiger partial charge in [-0.1, -0.05) is 36.4 Å². The van der Waals surface area contributed by atoms with Gasteiger partial charge in [-0.05, 0) is 30.2 Å². The van der Waals surface area contributed by atoms with Crippen LogP contribution in [0.3, 0.4) is 0 Å². The maximum absolute atomic E-state index is 12.6. The Hall–Kier alpha value is -3.01. The molecular formula is C20H18N2O2. The fourth-order valence-electron chi connectivity index (χ4n) is 3.13. The molecule has 0 radical (unpaired) electrons. The van der Waals surface area contributed by atoms with Gasteiger partial charge in [0, 0.05) is 25.0 Å². The lowest BCUT2D eigenvalue weighted by atomic mass is 10.1. The van der Waals surface area contributed by atoms with Crippen LogP contribution in [-0.4, -0.2) is 10.5 Å². The van der Waals surface area contributed by atoms with E-state index < -0.39 is 0 Å². The van der Waals surface area contributed by atoms with Gasteiger partial charge in [-0.25, -0.2) is 0 Å². The summed E-state index contributed by atoms with van der Waals surface area (Å²) in [5, 5.41) is 4.02. The van der Waals surface area contributed by atoms with Crippen molar-refractivity contribution in [3.8, 4) is 0 Å². The summed E-state index contributed by atoms with van der Waals surface area (Å²) in [6.07, 6.45) is 0. The summed E-state index contributed by atoms with van der Waals surface area (Å²) in [6.45, 7) is 2.56. The quantitative estimate of drug-likeness (QED) is 0.616. The Morgan fingerprint density at radius 3 is 2.67 bits per heavy atom. The molecule has 0 aliphatic carbocycles. The number of hydrogen-bond donors (Lipinski definition) is 1. The van der Waals surface area contributed by atoms with Crippen LogP contribution in [0.1, 0.15) is 21.6 Å². The van der Waals surface area contributed by atoms with Crippen LogP contribution >= 0.6 is 0 Å². The van der Waals surface area contributed by atoms with E-state index >= 15 is 0 Å². The molecule has 0 fully saturated rings. The van der Waals surface area contributed by atoms with Gasteiger partial charge in [-0.3, -0.25) is 4.79 Å². The van der Waals surface area contributed by atoms with Crippen LogP contribution in [-0.2, 0) is 13.6 Å². The van der Waals surface area contributed by atoms with E-state index in [2.05, 4.69) is 5.32 Å². The summed E-state index contributed by atoms with van der Waals surface area (Å²) in [5.74, 6) is -0.101. The molecule has 120 valence electrons. The zero-order chi connectivity index (χ0) is 16.7. The fourth-order valence-corrected chi connectivity index (χ4v) is 3.13. The van der Waals surface area contributed by atoms with Crippen molar-refractivity contribution >= 4 is 28.0 Å². The van der Waals surface area contributed by atoms with Crippen LogP contribution in [0, 0.1) is 6.92 Å². The topological polar surface area (TPSA) is 47.2 Å². The number of rotatable bonds is 3. The second kappa shape index (κ2) is 5.57. The fraction of sp³-hybridized carbons (Fsp3) is 0.150. The molecular weight excluding hydrogens is 300 g/mol. The van der Waals surface area contributed by atoms with E-state index in [4.69, 9.17) is 4.42 Å². The van der Waals surface area contributed by atoms with Gasteiger partial charge >= 0.3 is 0 Å². The first-order valence-corrected chi connectivity index (χ1v) is 7.95. The van der Waals surface area contributed by atoms with Crippen molar-refractivity contribution in [2.45, 2.75) is 13.5 Å². The Morgan fingerprint density at radius 1 is 1.08 bits per heavy atom. The molecule has 2 aromatic carbocycles. The molecule has 2 aromatic heterocycles. The maximum Gasteiger partial charge on any atom is 0.268 e. The Morgan fingerprint density at radius 2 is 1.83 bits per heavy atom. The van der Waals surface area contributed by atoms with Crippen LogP contribution in [0.5, 0.6) is 0 Å². The predicted molar refractivity (Wildman–Crippen MR) is 95.0 cm³/mol. The number of benzene rings is 2. The standard InChI is InChI=1S/C20H18N2O2/c1-13-7-3-4-8-14(13)12-21-20(23)16-11-18-19(22(16)2)15-9-5-6-10-17(15)24-18/h3-11H,12H2,1-2H3,(H,21,23). The van der Waals surface area contributed by atoms with Crippen molar-refractivity contribution in [3.05, 3.63) is 71.4 Å². The Bertz CT molecular complexity index is 1060. The minimum absolute atomic E-state index is 0.101. The molecule has 24 heavy (non-hydrogen) atoms. The molecule has 0 atom stereocenters. The highest BCUT2D eigenvalue weighted by molar-refractivity contribution is 6.07. The minimum atomic E-state index is -0.101. The van der Waals surface area contributed by atoms with Gasteiger partial charge in [0.2, 0.25) is 0 Å². The second-order valence-corrected chi connectivity index (χ2v) is 6.01. The zero-order valence-corrected chi connectivity index (χ0v) is 13.7. The molecule has 0 aliphatic rings. The highest BCUT2D eigenvalue weighted by atomic mass is 16.3. The summed E-state index contributed by atoms with van der Waals surface area (Å²) in [7, 11) is 1.90. The maximum atomic E-state index is 12.6. The molecule has 0 spiro atoms. The molecule has 4 heteroatoms. The van der Waals surface area contributed by atoms with Crippen LogP contribution in [0.25, 0.3) is 22.1 Å². The van der Waals surface area contributed by atoms with E-state index in [1.807, 2.05) is 73.1 Å². The third-order valence-corrected chi connectivity index (χ3v) is 4.49. The number of furan rings is 1. The second-order valence-electron chi connectivity index (χ2n) is 6.01. The molecule has 0 saturated carbocycles. The van der Waals surface area contributed by atoms with Gasteiger partial charge in [0.1, 0.15) is 11.3 Å². The molecule has 4 aromatic rings. The predicted octanol–water partition coefficient (Wildman–Crippen LogP) is 4.16. The van der Waals surface area contributed by atoms with Crippen molar-refractivity contribution in [3.63, 3.8) is 0 Å². The van der Waals surface area contributed by atoms with Gasteiger partial charge in [0.05, 0.1) is 5.52 Å². The van der Waals surface area contributed by atoms with Gasteiger partial charge in [0.25, 0.3) is 5.91 Å². The minimum Gasteiger partial charge on any atom is -0.454 e. The summed E-state index contributed by atoms with van der Waals surface area (Å²) < 4.78 is 7.74. The highest BCUT2D eigenvalue weighted by Crippen LogP contribution is 2.30. The summed E-state index contributed by atoms with van der Waals surface area (Å²) in [5.41, 5.74) is 5.41. The first kappa shape index (κ1) is 14.6. The Labute approximate surface area is 139 Å². The van der Waals surface area contributed by atoms with Crippen LogP contribution in [0.4, 0.5) is 0 Å². The van der Waals surface area contributed by atoms with Crippen LogP contribution in [0.15, 0.2) is 59.0 Å². The normalized spacial score (nSPS) is 11.2. The van der Waals surface area contributed by atoms with E-state index in [1.54, 1.807) is 0 Å². The van der Waals surface area contributed by atoms with Crippen molar-refractivity contribution in [1.29, 1.82) is 0 Å². The number of aromatic nitrogens is 1. The summed E-state index contributed by atoms with van der Waals surface area (Å²) in [4.78, 5) is 12.6. The lowest BCUT2D eigenvalue weighted by Crippen LogP contribution is -2.25. The van der Waals surface area contributed by atoms with Gasteiger partial charge in [-0.15, -0.1) is 0 Å². The summed E-state index contributed by atoms with van der Waals surface area (Å²) in [6, 6.07) is 17.7. The lowest BCUT2D eigenvalue weighted by molar-refractivity contribution is 0.0943. The number of nitrogens with one attached hydrogen (secondary N) is 1. The largest absolute Gasteiger partial charge is 0.454 e. The number of amides is 1. The average molecular weight is 318 g/mol. The van der Waals surface area contributed by atoms with E-state index in [0.29, 0.717) is 12.2 Å². The van der Waals surface area contributed by atoms with Crippen molar-refractivity contribution in [1.82, 2.24) is 9.88 Å². The third kappa shape index (κ3) is 2.27. The van der Waals surface area contributed by atoms with E-state index in [0.717, 1.165) is 27.6 Å². The van der Waals surface area contributed by atoms with E-state index in [1.165, 1.54) is 5.56 Å². The van der Waals surface area contributed by atoms with Gasteiger partial charge in [-0.2, -0.15) is 0 Å². The van der Waals surface area contributed by atoms with E-state index in [9.17, 15) is 4.79 Å². The molecule has 0 bridgehead atoms. The summed E-state index contributed by atoms with van der Waals surface area (Å²) >= 11 is 0. The SMILES string of the molecule is Cc1ccccc1CNC(=O)c1cc2oc3ccccc3c2n1C. The number of hydrogen-bond acceptors (Lipinski definition) is 2. The van der Waals surface area contributed by atoms with Crippen molar-refractivity contribution in [2.75, 3.05) is 0 Å². The van der Waals surface area contributed by atoms with Crippen LogP contribution in [0.2, 0.25) is 0 Å². The number of para-hydroxylation sites is 1. The highest BCUT2D eigenvalue weighted by Gasteiger charge is 2.18. The number of nitrogens with zero attached hydrogens (tertiary/aromatic N) is 1.